The Bertz CT molecular complexity index is 231. The van der Waals surface area contributed by atoms with Crippen molar-refractivity contribution < 1.29 is 8.76 Å². The van der Waals surface area contributed by atoms with Crippen molar-refractivity contribution in [3.63, 3.8) is 0 Å². The Morgan fingerprint density at radius 1 is 1.67 bits per heavy atom. The molecule has 1 rings (SSSR count). The molecule has 0 amide bonds. The summed E-state index contributed by atoms with van der Waals surface area (Å²) in [5, 5.41) is 0.354. The van der Waals surface area contributed by atoms with Crippen LogP contribution in [0.5, 0.6) is 0 Å². The van der Waals surface area contributed by atoms with Crippen LogP contribution in [-0.4, -0.2) is 13.7 Å². The van der Waals surface area contributed by atoms with Crippen molar-refractivity contribution in [3.05, 3.63) is 17.8 Å². The molecule has 0 fully saturated rings. The van der Waals surface area contributed by atoms with Gasteiger partial charge in [-0.3, -0.25) is 0 Å². The average molecular weight is 145 g/mol. The SMILES string of the molecule is Cc1ccc(S(=O)O)[nH]1. The molecule has 9 heavy (non-hydrogen) atoms. The van der Waals surface area contributed by atoms with Crippen molar-refractivity contribution in [2.75, 3.05) is 0 Å². The van der Waals surface area contributed by atoms with Crippen LogP contribution in [0, 0.1) is 6.92 Å². The molecule has 1 aromatic rings. The van der Waals surface area contributed by atoms with Gasteiger partial charge in [0.15, 0.2) is 0 Å². The van der Waals surface area contributed by atoms with Gasteiger partial charge in [0.1, 0.15) is 5.03 Å². The molecule has 0 aliphatic heterocycles. The Morgan fingerprint density at radius 3 is 2.56 bits per heavy atom. The molecule has 1 atom stereocenters. The fourth-order valence-electron chi connectivity index (χ4n) is 0.580. The van der Waals surface area contributed by atoms with Crippen LogP contribution in [0.1, 0.15) is 5.69 Å². The minimum absolute atomic E-state index is 0.354. The van der Waals surface area contributed by atoms with Crippen LogP contribution in [-0.2, 0) is 11.1 Å². The third-order valence-corrected chi connectivity index (χ3v) is 1.61. The summed E-state index contributed by atoms with van der Waals surface area (Å²) >= 11 is -1.86. The van der Waals surface area contributed by atoms with Gasteiger partial charge in [-0.2, -0.15) is 0 Å². The third kappa shape index (κ3) is 1.40. The first-order valence-electron chi connectivity index (χ1n) is 2.46. The molecule has 50 valence electrons. The number of aromatic amines is 1. The first-order chi connectivity index (χ1) is 4.20. The van der Waals surface area contributed by atoms with Crippen molar-refractivity contribution in [2.45, 2.75) is 11.9 Å². The van der Waals surface area contributed by atoms with E-state index in [1.807, 2.05) is 6.92 Å². The Labute approximate surface area is 55.4 Å². The number of hydrogen-bond acceptors (Lipinski definition) is 1. The highest BCUT2D eigenvalue weighted by atomic mass is 32.2. The van der Waals surface area contributed by atoms with E-state index in [1.54, 1.807) is 12.1 Å². The van der Waals surface area contributed by atoms with Gasteiger partial charge in [-0.1, -0.05) is 0 Å². The number of nitrogens with one attached hydrogen (secondary N) is 1. The van der Waals surface area contributed by atoms with E-state index in [2.05, 4.69) is 4.98 Å². The fraction of sp³-hybridized carbons (Fsp3) is 0.200. The van der Waals surface area contributed by atoms with E-state index in [1.165, 1.54) is 0 Å². The van der Waals surface area contributed by atoms with Gasteiger partial charge in [0.05, 0.1) is 0 Å². The van der Waals surface area contributed by atoms with Crippen LogP contribution < -0.4 is 0 Å². The Balaban J connectivity index is 2.98. The van der Waals surface area contributed by atoms with Gasteiger partial charge in [0.25, 0.3) is 0 Å². The van der Waals surface area contributed by atoms with E-state index in [0.717, 1.165) is 5.69 Å². The highest BCUT2D eigenvalue weighted by molar-refractivity contribution is 7.79. The first kappa shape index (κ1) is 6.51. The minimum Gasteiger partial charge on any atom is -0.350 e. The quantitative estimate of drug-likeness (QED) is 0.577. The lowest BCUT2D eigenvalue weighted by Gasteiger charge is -1.84. The summed E-state index contributed by atoms with van der Waals surface area (Å²) in [5.74, 6) is 0. The molecule has 1 aromatic heterocycles. The molecule has 0 aromatic carbocycles. The first-order valence-corrected chi connectivity index (χ1v) is 3.57. The van der Waals surface area contributed by atoms with Gasteiger partial charge in [-0.15, -0.1) is 0 Å². The lowest BCUT2D eigenvalue weighted by molar-refractivity contribution is 0.561. The van der Waals surface area contributed by atoms with Crippen molar-refractivity contribution in [1.82, 2.24) is 4.98 Å². The molecule has 0 radical (unpaired) electrons. The van der Waals surface area contributed by atoms with Crippen molar-refractivity contribution >= 4 is 11.1 Å². The molecule has 0 saturated heterocycles. The van der Waals surface area contributed by atoms with Gasteiger partial charge in [0, 0.05) is 5.69 Å². The van der Waals surface area contributed by atoms with Crippen LogP contribution in [0.2, 0.25) is 0 Å². The van der Waals surface area contributed by atoms with E-state index < -0.39 is 11.1 Å². The van der Waals surface area contributed by atoms with E-state index in [0.29, 0.717) is 5.03 Å². The van der Waals surface area contributed by atoms with Crippen LogP contribution in [0.3, 0.4) is 0 Å². The molecule has 3 nitrogen and oxygen atoms in total. The summed E-state index contributed by atoms with van der Waals surface area (Å²) in [4.78, 5) is 2.73. The fourth-order valence-corrected chi connectivity index (χ4v) is 1.01. The number of aromatic nitrogens is 1. The van der Waals surface area contributed by atoms with Crippen molar-refractivity contribution in [1.29, 1.82) is 0 Å². The molecule has 1 unspecified atom stereocenters. The highest BCUT2D eigenvalue weighted by Crippen LogP contribution is 2.02. The van der Waals surface area contributed by atoms with Crippen molar-refractivity contribution in [2.24, 2.45) is 0 Å². The molecule has 4 heteroatoms. The third-order valence-electron chi connectivity index (χ3n) is 0.993. The number of H-pyrrole nitrogens is 1. The summed E-state index contributed by atoms with van der Waals surface area (Å²) in [5.41, 5.74) is 0.896. The Kier molecular flexibility index (Phi) is 1.68. The summed E-state index contributed by atoms with van der Waals surface area (Å²) in [6, 6.07) is 3.34. The highest BCUT2D eigenvalue weighted by Gasteiger charge is 1.98. The molecule has 0 saturated carbocycles. The molecule has 0 spiro atoms. The molecular formula is C5H7NO2S. The lowest BCUT2D eigenvalue weighted by atomic mass is 10.5. The number of rotatable bonds is 1. The maximum absolute atomic E-state index is 10.3. The zero-order valence-corrected chi connectivity index (χ0v) is 5.73. The molecule has 0 aliphatic carbocycles. The van der Waals surface area contributed by atoms with E-state index >= 15 is 0 Å². The summed E-state index contributed by atoms with van der Waals surface area (Å²) in [6.45, 7) is 1.83. The zero-order chi connectivity index (χ0) is 6.85. The van der Waals surface area contributed by atoms with Crippen molar-refractivity contribution in [3.8, 4) is 0 Å². The largest absolute Gasteiger partial charge is 0.350 e. The summed E-state index contributed by atoms with van der Waals surface area (Å²) < 4.78 is 18.8. The van der Waals surface area contributed by atoms with E-state index in [9.17, 15) is 4.21 Å². The monoisotopic (exact) mass is 145 g/mol. The summed E-state index contributed by atoms with van der Waals surface area (Å²) in [6.07, 6.45) is 0. The zero-order valence-electron chi connectivity index (χ0n) is 4.92. The van der Waals surface area contributed by atoms with Crippen LogP contribution in [0.4, 0.5) is 0 Å². The maximum Gasteiger partial charge on any atom is 0.203 e. The van der Waals surface area contributed by atoms with Crippen LogP contribution in [0.15, 0.2) is 17.2 Å². The molecule has 2 N–H and O–H groups in total. The molecular weight excluding hydrogens is 138 g/mol. The maximum atomic E-state index is 10.3. The van der Waals surface area contributed by atoms with Gasteiger partial charge in [0.2, 0.25) is 11.1 Å². The van der Waals surface area contributed by atoms with Gasteiger partial charge in [-0.05, 0) is 19.1 Å². The van der Waals surface area contributed by atoms with Gasteiger partial charge < -0.3 is 9.54 Å². The standard InChI is InChI=1S/C5H7NO2S/c1-4-2-3-5(6-4)9(7)8/h2-3,6H,1H3,(H,7,8). The predicted octanol–water partition coefficient (Wildman–Crippen LogP) is 0.904. The Hall–Kier alpha value is -0.610. The second-order valence-corrected chi connectivity index (χ2v) is 2.69. The number of aryl methyl sites for hydroxylation is 1. The second kappa shape index (κ2) is 2.33. The molecule has 0 bridgehead atoms. The lowest BCUT2D eigenvalue weighted by Crippen LogP contribution is -1.86. The molecule has 0 aliphatic rings. The van der Waals surface area contributed by atoms with E-state index in [4.69, 9.17) is 4.55 Å². The summed E-state index contributed by atoms with van der Waals surface area (Å²) in [7, 11) is 0. The molecule has 1 heterocycles. The van der Waals surface area contributed by atoms with E-state index in [-0.39, 0.29) is 0 Å². The van der Waals surface area contributed by atoms with Gasteiger partial charge >= 0.3 is 0 Å². The van der Waals surface area contributed by atoms with Crippen LogP contribution in [0.25, 0.3) is 0 Å². The smallest absolute Gasteiger partial charge is 0.203 e. The normalized spacial score (nSPS) is 13.6. The predicted molar refractivity (Wildman–Crippen MR) is 34.6 cm³/mol. The second-order valence-electron chi connectivity index (χ2n) is 1.75. The van der Waals surface area contributed by atoms with Gasteiger partial charge in [-0.25, -0.2) is 4.21 Å². The average Bonchev–Trinajstić information content (AvgIpc) is 2.14. The topological polar surface area (TPSA) is 53.1 Å². The number of hydrogen-bond donors (Lipinski definition) is 2. The van der Waals surface area contributed by atoms with Crippen LogP contribution >= 0.6 is 0 Å². The Morgan fingerprint density at radius 2 is 2.33 bits per heavy atom. The minimum atomic E-state index is -1.86.